The standard InChI is InChI=1S/C16H26N2/c1-4-16-9-8-13(2)18(16)12-15-7-5-6-14(10-15)11-17-3/h5-7,10,13,16-17H,4,8-9,11-12H2,1-3H3. The summed E-state index contributed by atoms with van der Waals surface area (Å²) in [5.74, 6) is 0. The summed E-state index contributed by atoms with van der Waals surface area (Å²) in [7, 11) is 2.00. The number of benzene rings is 1. The van der Waals surface area contributed by atoms with Gasteiger partial charge in [0.15, 0.2) is 0 Å². The van der Waals surface area contributed by atoms with E-state index in [1.54, 1.807) is 0 Å². The molecule has 1 saturated heterocycles. The Bertz CT molecular complexity index is 375. The highest BCUT2D eigenvalue weighted by molar-refractivity contribution is 5.23. The van der Waals surface area contributed by atoms with Gasteiger partial charge < -0.3 is 5.32 Å². The Labute approximate surface area is 111 Å². The normalized spacial score (nSPS) is 24.6. The predicted octanol–water partition coefficient (Wildman–Crippen LogP) is 3.17. The van der Waals surface area contributed by atoms with E-state index in [9.17, 15) is 0 Å². The minimum atomic E-state index is 0.739. The Kier molecular flexibility index (Phi) is 4.79. The van der Waals surface area contributed by atoms with Gasteiger partial charge in [-0.1, -0.05) is 31.2 Å². The van der Waals surface area contributed by atoms with E-state index in [-0.39, 0.29) is 0 Å². The fourth-order valence-electron chi connectivity index (χ4n) is 3.10. The molecule has 2 unspecified atom stereocenters. The van der Waals surface area contributed by atoms with E-state index < -0.39 is 0 Å². The highest BCUT2D eigenvalue weighted by atomic mass is 15.2. The molecule has 0 amide bonds. The van der Waals surface area contributed by atoms with Crippen molar-refractivity contribution in [3.05, 3.63) is 35.4 Å². The molecule has 0 saturated carbocycles. The Morgan fingerprint density at radius 2 is 2.06 bits per heavy atom. The van der Waals surface area contributed by atoms with Crippen LogP contribution in [0, 0.1) is 0 Å². The maximum absolute atomic E-state index is 3.22. The van der Waals surface area contributed by atoms with Crippen molar-refractivity contribution in [2.45, 2.75) is 58.3 Å². The first-order chi connectivity index (χ1) is 8.74. The summed E-state index contributed by atoms with van der Waals surface area (Å²) in [6, 6.07) is 10.5. The molecule has 1 aliphatic heterocycles. The van der Waals surface area contributed by atoms with Crippen LogP contribution in [-0.4, -0.2) is 24.0 Å². The zero-order valence-corrected chi connectivity index (χ0v) is 11.9. The summed E-state index contributed by atoms with van der Waals surface area (Å²) in [4.78, 5) is 2.68. The Morgan fingerprint density at radius 3 is 2.78 bits per heavy atom. The molecule has 18 heavy (non-hydrogen) atoms. The quantitative estimate of drug-likeness (QED) is 0.858. The molecular formula is C16H26N2. The van der Waals surface area contributed by atoms with Crippen LogP contribution < -0.4 is 5.32 Å². The minimum absolute atomic E-state index is 0.739. The Hall–Kier alpha value is -0.860. The summed E-state index contributed by atoms with van der Waals surface area (Å²) in [6.07, 6.45) is 4.00. The first-order valence-corrected chi connectivity index (χ1v) is 7.22. The van der Waals surface area contributed by atoms with Crippen molar-refractivity contribution in [2.24, 2.45) is 0 Å². The monoisotopic (exact) mass is 246 g/mol. The Morgan fingerprint density at radius 1 is 1.28 bits per heavy atom. The van der Waals surface area contributed by atoms with E-state index in [4.69, 9.17) is 0 Å². The van der Waals surface area contributed by atoms with Gasteiger partial charge in [-0.05, 0) is 44.4 Å². The summed E-state index contributed by atoms with van der Waals surface area (Å²) in [5, 5.41) is 3.22. The van der Waals surface area contributed by atoms with E-state index in [2.05, 4.69) is 48.3 Å². The van der Waals surface area contributed by atoms with Crippen LogP contribution in [-0.2, 0) is 13.1 Å². The van der Waals surface area contributed by atoms with Crippen LogP contribution in [0.5, 0.6) is 0 Å². The van der Waals surface area contributed by atoms with Crippen molar-refractivity contribution < 1.29 is 0 Å². The molecule has 0 bridgehead atoms. The van der Waals surface area contributed by atoms with E-state index >= 15 is 0 Å². The van der Waals surface area contributed by atoms with Gasteiger partial charge in [0.1, 0.15) is 0 Å². The molecule has 1 N–H and O–H groups in total. The van der Waals surface area contributed by atoms with Gasteiger partial charge in [-0.2, -0.15) is 0 Å². The van der Waals surface area contributed by atoms with Crippen molar-refractivity contribution in [1.82, 2.24) is 10.2 Å². The summed E-state index contributed by atoms with van der Waals surface area (Å²) >= 11 is 0. The van der Waals surface area contributed by atoms with Gasteiger partial charge in [-0.15, -0.1) is 0 Å². The molecule has 0 aromatic heterocycles. The van der Waals surface area contributed by atoms with Crippen molar-refractivity contribution in [3.8, 4) is 0 Å². The van der Waals surface area contributed by atoms with Crippen LogP contribution in [0.25, 0.3) is 0 Å². The third-order valence-electron chi connectivity index (χ3n) is 4.16. The van der Waals surface area contributed by atoms with Gasteiger partial charge in [0.2, 0.25) is 0 Å². The molecule has 1 fully saturated rings. The molecule has 2 atom stereocenters. The average molecular weight is 246 g/mol. The largest absolute Gasteiger partial charge is 0.316 e. The van der Waals surface area contributed by atoms with E-state index in [1.807, 2.05) is 7.05 Å². The summed E-state index contributed by atoms with van der Waals surface area (Å²) in [6.45, 7) is 6.75. The van der Waals surface area contributed by atoms with Crippen LogP contribution in [0.1, 0.15) is 44.2 Å². The highest BCUT2D eigenvalue weighted by Crippen LogP contribution is 2.27. The molecule has 0 aliphatic carbocycles. The number of hydrogen-bond donors (Lipinski definition) is 1. The van der Waals surface area contributed by atoms with Crippen LogP contribution >= 0.6 is 0 Å². The average Bonchev–Trinajstić information content (AvgIpc) is 2.72. The molecule has 2 rings (SSSR count). The maximum Gasteiger partial charge on any atom is 0.0239 e. The number of hydrogen-bond acceptors (Lipinski definition) is 2. The lowest BCUT2D eigenvalue weighted by Gasteiger charge is -2.27. The van der Waals surface area contributed by atoms with Gasteiger partial charge >= 0.3 is 0 Å². The van der Waals surface area contributed by atoms with Gasteiger partial charge in [-0.3, -0.25) is 4.90 Å². The lowest BCUT2D eigenvalue weighted by Crippen LogP contribution is -2.33. The van der Waals surface area contributed by atoms with E-state index in [0.29, 0.717) is 0 Å². The van der Waals surface area contributed by atoms with Gasteiger partial charge in [0.25, 0.3) is 0 Å². The zero-order chi connectivity index (χ0) is 13.0. The van der Waals surface area contributed by atoms with Crippen LogP contribution in [0.3, 0.4) is 0 Å². The third-order valence-corrected chi connectivity index (χ3v) is 4.16. The first-order valence-electron chi connectivity index (χ1n) is 7.22. The number of likely N-dealkylation sites (tertiary alicyclic amines) is 1. The second-order valence-corrected chi connectivity index (χ2v) is 5.51. The lowest BCUT2D eigenvalue weighted by molar-refractivity contribution is 0.189. The van der Waals surface area contributed by atoms with Crippen LogP contribution in [0.15, 0.2) is 24.3 Å². The summed E-state index contributed by atoms with van der Waals surface area (Å²) in [5.41, 5.74) is 2.84. The molecule has 2 nitrogen and oxygen atoms in total. The minimum Gasteiger partial charge on any atom is -0.316 e. The van der Waals surface area contributed by atoms with Gasteiger partial charge in [0.05, 0.1) is 0 Å². The smallest absolute Gasteiger partial charge is 0.0239 e. The molecule has 1 aromatic carbocycles. The molecule has 0 radical (unpaired) electrons. The van der Waals surface area contributed by atoms with E-state index in [0.717, 1.165) is 25.2 Å². The second kappa shape index (κ2) is 6.35. The number of nitrogens with one attached hydrogen (secondary N) is 1. The van der Waals surface area contributed by atoms with Crippen LogP contribution in [0.4, 0.5) is 0 Å². The molecule has 1 aromatic rings. The maximum atomic E-state index is 3.22. The molecule has 1 aliphatic rings. The number of rotatable bonds is 5. The van der Waals surface area contributed by atoms with E-state index in [1.165, 1.54) is 30.4 Å². The lowest BCUT2D eigenvalue weighted by atomic mass is 10.1. The zero-order valence-electron chi connectivity index (χ0n) is 11.9. The van der Waals surface area contributed by atoms with Crippen molar-refractivity contribution >= 4 is 0 Å². The number of nitrogens with zero attached hydrogens (tertiary/aromatic N) is 1. The topological polar surface area (TPSA) is 15.3 Å². The molecule has 0 spiro atoms. The first kappa shape index (κ1) is 13.6. The molecule has 1 heterocycles. The SMILES string of the molecule is CCC1CCC(C)N1Cc1cccc(CNC)c1. The third kappa shape index (κ3) is 3.12. The summed E-state index contributed by atoms with van der Waals surface area (Å²) < 4.78 is 0. The fourth-order valence-corrected chi connectivity index (χ4v) is 3.10. The van der Waals surface area contributed by atoms with Crippen molar-refractivity contribution in [3.63, 3.8) is 0 Å². The fraction of sp³-hybridized carbons (Fsp3) is 0.625. The second-order valence-electron chi connectivity index (χ2n) is 5.51. The molecule has 100 valence electrons. The van der Waals surface area contributed by atoms with Gasteiger partial charge in [0, 0.05) is 25.2 Å². The van der Waals surface area contributed by atoms with Crippen molar-refractivity contribution in [1.29, 1.82) is 0 Å². The molecular weight excluding hydrogens is 220 g/mol. The molecule has 2 heteroatoms. The van der Waals surface area contributed by atoms with Crippen molar-refractivity contribution in [2.75, 3.05) is 7.05 Å². The predicted molar refractivity (Wildman–Crippen MR) is 77.5 cm³/mol. The highest BCUT2D eigenvalue weighted by Gasteiger charge is 2.28. The van der Waals surface area contributed by atoms with Crippen LogP contribution in [0.2, 0.25) is 0 Å². The Balaban J connectivity index is 2.05. The van der Waals surface area contributed by atoms with Gasteiger partial charge in [-0.25, -0.2) is 0 Å².